The number of hydrogen-bond acceptors (Lipinski definition) is 4. The molecule has 3 aromatic carbocycles. The van der Waals surface area contributed by atoms with Gasteiger partial charge in [0.25, 0.3) is 0 Å². The molecule has 4 rings (SSSR count). The Labute approximate surface area is 194 Å². The molecular weight excluding hydrogens is 451 g/mol. The molecule has 0 spiro atoms. The lowest BCUT2D eigenvalue weighted by Gasteiger charge is -2.08. The lowest BCUT2D eigenvalue weighted by atomic mass is 10.1. The Hall–Kier alpha value is -2.86. The molecule has 7 heteroatoms. The predicted octanol–water partition coefficient (Wildman–Crippen LogP) is 7.24. The average Bonchev–Trinajstić information content (AvgIpc) is 3.15. The fourth-order valence-electron chi connectivity index (χ4n) is 3.12. The van der Waals surface area contributed by atoms with Crippen molar-refractivity contribution in [2.24, 2.45) is 0 Å². The number of thiazole rings is 1. The van der Waals surface area contributed by atoms with Crippen LogP contribution in [0.25, 0.3) is 26.9 Å². The van der Waals surface area contributed by atoms with Crippen LogP contribution in [0.5, 0.6) is 5.75 Å². The highest BCUT2D eigenvalue weighted by atomic mass is 35.5. The molecule has 156 valence electrons. The van der Waals surface area contributed by atoms with Gasteiger partial charge in [0, 0.05) is 27.9 Å². The van der Waals surface area contributed by atoms with Gasteiger partial charge in [0.05, 0.1) is 22.3 Å². The molecule has 1 heterocycles. The van der Waals surface area contributed by atoms with E-state index in [0.29, 0.717) is 27.0 Å². The highest BCUT2D eigenvalue weighted by Crippen LogP contribution is 2.33. The van der Waals surface area contributed by atoms with Crippen molar-refractivity contribution < 1.29 is 9.53 Å². The number of halogens is 2. The first-order valence-electron chi connectivity index (χ1n) is 9.42. The Balaban J connectivity index is 1.47. The van der Waals surface area contributed by atoms with Crippen molar-refractivity contribution in [2.45, 2.75) is 6.92 Å². The number of rotatable bonds is 5. The summed E-state index contributed by atoms with van der Waals surface area (Å²) in [6, 6.07) is 17.1. The molecule has 0 fully saturated rings. The van der Waals surface area contributed by atoms with E-state index in [4.69, 9.17) is 32.9 Å². The summed E-state index contributed by atoms with van der Waals surface area (Å²) in [6.07, 6.45) is 3.03. The number of aromatic nitrogens is 1. The third-order valence-electron chi connectivity index (χ3n) is 4.60. The molecule has 0 aliphatic rings. The molecule has 1 aromatic heterocycles. The van der Waals surface area contributed by atoms with Crippen LogP contribution >= 0.6 is 34.5 Å². The fourth-order valence-corrected chi connectivity index (χ4v) is 4.78. The summed E-state index contributed by atoms with van der Waals surface area (Å²) in [5, 5.41) is 4.64. The zero-order valence-electron chi connectivity index (χ0n) is 16.8. The first-order chi connectivity index (χ1) is 14.9. The number of ether oxygens (including phenoxy) is 1. The zero-order chi connectivity index (χ0) is 22.0. The van der Waals surface area contributed by atoms with Gasteiger partial charge in [-0.3, -0.25) is 4.79 Å². The van der Waals surface area contributed by atoms with Crippen LogP contribution in [0.15, 0.2) is 60.7 Å². The number of hydrogen-bond donors (Lipinski definition) is 1. The number of aryl methyl sites for hydroxylation is 1. The summed E-state index contributed by atoms with van der Waals surface area (Å²) in [4.78, 5) is 17.0. The molecule has 31 heavy (non-hydrogen) atoms. The fraction of sp³-hybridized carbons (Fsp3) is 0.0833. The Morgan fingerprint density at radius 3 is 2.61 bits per heavy atom. The van der Waals surface area contributed by atoms with Gasteiger partial charge in [-0.05, 0) is 67.1 Å². The minimum Gasteiger partial charge on any atom is -0.495 e. The van der Waals surface area contributed by atoms with E-state index in [-0.39, 0.29) is 5.91 Å². The van der Waals surface area contributed by atoms with Gasteiger partial charge in [0.15, 0.2) is 0 Å². The molecule has 1 amide bonds. The van der Waals surface area contributed by atoms with Gasteiger partial charge >= 0.3 is 0 Å². The number of nitrogens with zero attached hydrogens (tertiary/aromatic N) is 1. The number of amides is 1. The summed E-state index contributed by atoms with van der Waals surface area (Å²) < 4.78 is 6.45. The zero-order valence-corrected chi connectivity index (χ0v) is 19.1. The SMILES string of the molecule is COc1c(Cl)cc(Cl)cc1/C=C/C(=O)Nc1ccc(-c2nc3ccc(C)cc3s2)cc1. The first kappa shape index (κ1) is 21.4. The number of anilines is 1. The number of carbonyl (C=O) groups is 1. The van der Waals surface area contributed by atoms with Crippen LogP contribution in [0.3, 0.4) is 0 Å². The highest BCUT2D eigenvalue weighted by molar-refractivity contribution is 7.21. The van der Waals surface area contributed by atoms with Crippen molar-refractivity contribution in [3.63, 3.8) is 0 Å². The lowest BCUT2D eigenvalue weighted by Crippen LogP contribution is -2.07. The van der Waals surface area contributed by atoms with Crippen molar-refractivity contribution in [3.8, 4) is 16.3 Å². The number of fused-ring (bicyclic) bond motifs is 1. The topological polar surface area (TPSA) is 51.2 Å². The molecule has 0 aliphatic carbocycles. The van der Waals surface area contributed by atoms with E-state index in [1.54, 1.807) is 29.5 Å². The molecule has 0 saturated carbocycles. The van der Waals surface area contributed by atoms with Crippen LogP contribution in [0, 0.1) is 6.92 Å². The van der Waals surface area contributed by atoms with Crippen LogP contribution in [0.4, 0.5) is 5.69 Å². The van der Waals surface area contributed by atoms with Crippen molar-refractivity contribution in [2.75, 3.05) is 12.4 Å². The van der Waals surface area contributed by atoms with Crippen molar-refractivity contribution >= 4 is 62.4 Å². The highest BCUT2D eigenvalue weighted by Gasteiger charge is 2.09. The van der Waals surface area contributed by atoms with Gasteiger partial charge in [-0.25, -0.2) is 4.98 Å². The maximum Gasteiger partial charge on any atom is 0.248 e. The van der Waals surface area contributed by atoms with Gasteiger partial charge in [-0.2, -0.15) is 0 Å². The summed E-state index contributed by atoms with van der Waals surface area (Å²) in [6.45, 7) is 2.07. The summed E-state index contributed by atoms with van der Waals surface area (Å²) in [7, 11) is 1.51. The Morgan fingerprint density at radius 1 is 1.10 bits per heavy atom. The second-order valence-corrected chi connectivity index (χ2v) is 8.77. The van der Waals surface area contributed by atoms with E-state index >= 15 is 0 Å². The van der Waals surface area contributed by atoms with Gasteiger partial charge in [0.2, 0.25) is 5.91 Å². The normalized spacial score (nSPS) is 11.2. The maximum atomic E-state index is 12.3. The second-order valence-electron chi connectivity index (χ2n) is 6.90. The van der Waals surface area contributed by atoms with Gasteiger partial charge in [-0.1, -0.05) is 29.3 Å². The van der Waals surface area contributed by atoms with Crippen LogP contribution in [0.2, 0.25) is 10.0 Å². The molecule has 0 aliphatic heterocycles. The van der Waals surface area contributed by atoms with E-state index in [9.17, 15) is 4.79 Å². The monoisotopic (exact) mass is 468 g/mol. The Kier molecular flexibility index (Phi) is 6.28. The smallest absolute Gasteiger partial charge is 0.248 e. The molecule has 1 N–H and O–H groups in total. The lowest BCUT2D eigenvalue weighted by molar-refractivity contribution is -0.111. The third-order valence-corrected chi connectivity index (χ3v) is 6.17. The van der Waals surface area contributed by atoms with Gasteiger partial charge in [-0.15, -0.1) is 11.3 Å². The molecule has 0 saturated heterocycles. The first-order valence-corrected chi connectivity index (χ1v) is 11.0. The molecule has 0 unspecified atom stereocenters. The van der Waals surface area contributed by atoms with Crippen molar-refractivity contribution in [3.05, 3.63) is 81.8 Å². The quantitative estimate of drug-likeness (QED) is 0.314. The van der Waals surface area contributed by atoms with E-state index in [2.05, 4.69) is 24.4 Å². The minimum atomic E-state index is -0.277. The maximum absolute atomic E-state index is 12.3. The van der Waals surface area contributed by atoms with E-state index in [1.165, 1.54) is 18.7 Å². The number of methoxy groups -OCH3 is 1. The van der Waals surface area contributed by atoms with Crippen LogP contribution < -0.4 is 10.1 Å². The Morgan fingerprint density at radius 2 is 1.87 bits per heavy atom. The molecule has 4 nitrogen and oxygen atoms in total. The second kappa shape index (κ2) is 9.10. The van der Waals surface area contributed by atoms with E-state index in [0.717, 1.165) is 20.8 Å². The molecule has 4 aromatic rings. The van der Waals surface area contributed by atoms with Gasteiger partial charge in [0.1, 0.15) is 10.8 Å². The summed E-state index contributed by atoms with van der Waals surface area (Å²) >= 11 is 13.8. The van der Waals surface area contributed by atoms with Gasteiger partial charge < -0.3 is 10.1 Å². The van der Waals surface area contributed by atoms with Crippen LogP contribution in [-0.4, -0.2) is 18.0 Å². The Bertz CT molecular complexity index is 1300. The minimum absolute atomic E-state index is 0.277. The summed E-state index contributed by atoms with van der Waals surface area (Å²) in [5.41, 5.74) is 4.52. The number of benzene rings is 3. The van der Waals surface area contributed by atoms with E-state index < -0.39 is 0 Å². The number of carbonyl (C=O) groups excluding carboxylic acids is 1. The molecule has 0 radical (unpaired) electrons. The summed E-state index contributed by atoms with van der Waals surface area (Å²) in [5.74, 6) is 0.187. The third kappa shape index (κ3) is 4.90. The van der Waals surface area contributed by atoms with Crippen molar-refractivity contribution in [1.82, 2.24) is 4.98 Å². The molecule has 0 atom stereocenters. The van der Waals surface area contributed by atoms with E-state index in [1.807, 2.05) is 30.3 Å². The standard InChI is InChI=1S/C24H18Cl2N2O2S/c1-14-3-9-20-21(11-14)31-24(28-20)15-4-7-18(8-5-15)27-22(29)10-6-16-12-17(25)13-19(26)23(16)30-2/h3-13H,1-2H3,(H,27,29)/b10-6+. The molecular formula is C24H18Cl2N2O2S. The predicted molar refractivity (Wildman–Crippen MR) is 130 cm³/mol. The van der Waals surface area contributed by atoms with Crippen LogP contribution in [-0.2, 0) is 4.79 Å². The largest absolute Gasteiger partial charge is 0.495 e. The number of nitrogens with one attached hydrogen (secondary N) is 1. The van der Waals surface area contributed by atoms with Crippen LogP contribution in [0.1, 0.15) is 11.1 Å². The average molecular weight is 469 g/mol. The molecule has 0 bridgehead atoms. The van der Waals surface area contributed by atoms with Crippen molar-refractivity contribution in [1.29, 1.82) is 0 Å².